The minimum absolute atomic E-state index is 0.239. The summed E-state index contributed by atoms with van der Waals surface area (Å²) in [5.74, 6) is -0.188. The number of hydrogen-bond acceptors (Lipinski definition) is 4. The average molecular weight is 441 g/mol. The van der Waals surface area contributed by atoms with E-state index < -0.39 is 23.3 Å². The van der Waals surface area contributed by atoms with Gasteiger partial charge in [0.05, 0.1) is 5.69 Å². The zero-order chi connectivity index (χ0) is 21.8. The van der Waals surface area contributed by atoms with Crippen LogP contribution in [0.15, 0.2) is 52.9 Å². The lowest BCUT2D eigenvalue weighted by Crippen LogP contribution is -2.42. The summed E-state index contributed by atoms with van der Waals surface area (Å²) in [6.07, 6.45) is 6.51. The van der Waals surface area contributed by atoms with Crippen molar-refractivity contribution in [3.05, 3.63) is 65.4 Å². The lowest BCUT2D eigenvalue weighted by molar-refractivity contribution is -0.138. The van der Waals surface area contributed by atoms with Gasteiger partial charge in [-0.3, -0.25) is 8.51 Å². The molecule has 0 aliphatic heterocycles. The monoisotopic (exact) mass is 440 g/mol. The average Bonchev–Trinajstić information content (AvgIpc) is 3.14. The molecule has 0 bridgehead atoms. The Bertz CT molecular complexity index is 1080. The zero-order valence-corrected chi connectivity index (χ0v) is 18.1. The van der Waals surface area contributed by atoms with Crippen molar-refractivity contribution in [3.63, 3.8) is 0 Å². The van der Waals surface area contributed by atoms with Crippen molar-refractivity contribution in [1.29, 1.82) is 0 Å². The smallest absolute Gasteiger partial charge is 0.327 e. The number of aliphatic carboxylic acids is 1. The molecule has 1 aliphatic rings. The molecule has 164 valence electrons. The fourth-order valence-corrected chi connectivity index (χ4v) is 5.10. The highest BCUT2D eigenvalue weighted by molar-refractivity contribution is 7.80. The summed E-state index contributed by atoms with van der Waals surface area (Å²) >= 11 is -2.72. The van der Waals surface area contributed by atoms with Gasteiger partial charge in [-0.1, -0.05) is 36.8 Å². The lowest BCUT2D eigenvalue weighted by Gasteiger charge is -2.32. The van der Waals surface area contributed by atoms with E-state index in [2.05, 4.69) is 0 Å². The van der Waals surface area contributed by atoms with Gasteiger partial charge in [0.15, 0.2) is 0 Å². The molecule has 1 aromatic heterocycles. The molecule has 4 rings (SSSR count). The number of fused-ring (bicyclic) bond motifs is 3. The molecule has 31 heavy (non-hydrogen) atoms. The second-order valence-electron chi connectivity index (χ2n) is 8.02. The molecule has 0 radical (unpaired) electrons. The molecular weight excluding hydrogens is 414 g/mol. The predicted molar refractivity (Wildman–Crippen MR) is 120 cm³/mol. The Morgan fingerprint density at radius 1 is 1.13 bits per heavy atom. The first-order valence-electron chi connectivity index (χ1n) is 10.7. The van der Waals surface area contributed by atoms with Crippen LogP contribution in [0.4, 0.5) is 5.69 Å². The van der Waals surface area contributed by atoms with Crippen LogP contribution in [0.3, 0.4) is 0 Å². The molecule has 0 saturated heterocycles. The first kappa shape index (κ1) is 21.6. The Balaban J connectivity index is 1.52. The summed E-state index contributed by atoms with van der Waals surface area (Å²) in [5.41, 5.74) is 3.32. The normalized spacial score (nSPS) is 15.4. The number of carboxylic acids is 1. The number of carbonyl (C=O) groups is 1. The second kappa shape index (κ2) is 9.66. The summed E-state index contributed by atoms with van der Waals surface area (Å²) < 4.78 is 31.1. The quantitative estimate of drug-likeness (QED) is 0.382. The molecule has 2 atom stereocenters. The van der Waals surface area contributed by atoms with Crippen molar-refractivity contribution in [2.75, 3.05) is 4.31 Å². The first-order valence-corrected chi connectivity index (χ1v) is 11.8. The van der Waals surface area contributed by atoms with E-state index in [4.69, 9.17) is 4.42 Å². The van der Waals surface area contributed by atoms with E-state index in [9.17, 15) is 18.7 Å². The van der Waals surface area contributed by atoms with Crippen LogP contribution >= 0.6 is 0 Å². The number of benzene rings is 2. The molecule has 0 saturated carbocycles. The van der Waals surface area contributed by atoms with Crippen LogP contribution in [0.2, 0.25) is 0 Å². The highest BCUT2D eigenvalue weighted by Gasteiger charge is 2.28. The van der Waals surface area contributed by atoms with Crippen LogP contribution in [0, 0.1) is 0 Å². The van der Waals surface area contributed by atoms with Gasteiger partial charge in [-0.15, -0.1) is 0 Å². The molecule has 2 aromatic carbocycles. The third-order valence-corrected chi connectivity index (χ3v) is 6.75. The highest BCUT2D eigenvalue weighted by atomic mass is 32.2. The summed E-state index contributed by atoms with van der Waals surface area (Å²) in [4.78, 5) is 12.0. The van der Waals surface area contributed by atoms with Crippen LogP contribution in [-0.4, -0.2) is 25.9 Å². The number of furan rings is 1. The largest absolute Gasteiger partial charge is 0.755 e. The number of rotatable bonds is 9. The molecule has 0 spiro atoms. The fraction of sp³-hybridized carbons (Fsp3) is 0.375. The summed E-state index contributed by atoms with van der Waals surface area (Å²) in [5, 5.41) is 10.8. The van der Waals surface area contributed by atoms with Gasteiger partial charge < -0.3 is 14.1 Å². The van der Waals surface area contributed by atoms with Gasteiger partial charge in [-0.2, -0.15) is 0 Å². The van der Waals surface area contributed by atoms with Crippen molar-refractivity contribution in [2.24, 2.45) is 0 Å². The van der Waals surface area contributed by atoms with Crippen LogP contribution in [0.5, 0.6) is 0 Å². The van der Waals surface area contributed by atoms with E-state index in [1.165, 1.54) is 11.1 Å². The molecule has 3 aromatic rings. The van der Waals surface area contributed by atoms with Crippen LogP contribution in [-0.2, 0) is 35.3 Å². The maximum Gasteiger partial charge on any atom is 0.327 e. The van der Waals surface area contributed by atoms with E-state index in [1.807, 2.05) is 36.4 Å². The third-order valence-electron chi connectivity index (χ3n) is 5.96. The van der Waals surface area contributed by atoms with Crippen LogP contribution < -0.4 is 4.31 Å². The zero-order valence-electron chi connectivity index (χ0n) is 17.3. The van der Waals surface area contributed by atoms with Crippen molar-refractivity contribution < 1.29 is 23.1 Å². The Hall–Kier alpha value is -2.64. The van der Waals surface area contributed by atoms with E-state index in [1.54, 1.807) is 12.1 Å². The van der Waals surface area contributed by atoms with E-state index in [0.717, 1.165) is 54.0 Å². The molecular formula is C24H26NO5S-. The van der Waals surface area contributed by atoms with Gasteiger partial charge in [-0.25, -0.2) is 4.79 Å². The van der Waals surface area contributed by atoms with Crippen molar-refractivity contribution in [2.45, 2.75) is 57.4 Å². The number of carboxylic acid groups (broad SMARTS) is 1. The van der Waals surface area contributed by atoms with E-state index >= 15 is 0 Å². The fourth-order valence-electron chi connectivity index (χ4n) is 4.41. The van der Waals surface area contributed by atoms with E-state index in [-0.39, 0.29) is 6.42 Å². The minimum Gasteiger partial charge on any atom is -0.755 e. The molecule has 1 heterocycles. The number of anilines is 1. The van der Waals surface area contributed by atoms with Crippen molar-refractivity contribution >= 4 is 33.9 Å². The van der Waals surface area contributed by atoms with Gasteiger partial charge in [0, 0.05) is 34.7 Å². The Morgan fingerprint density at radius 2 is 1.90 bits per heavy atom. The highest BCUT2D eigenvalue weighted by Crippen LogP contribution is 2.35. The van der Waals surface area contributed by atoms with Crippen LogP contribution in [0.1, 0.15) is 49.0 Å². The molecule has 6 nitrogen and oxygen atoms in total. The maximum absolute atomic E-state index is 12.1. The maximum atomic E-state index is 12.1. The Labute approximate surface area is 184 Å². The predicted octanol–water partition coefficient (Wildman–Crippen LogP) is 4.78. The Morgan fingerprint density at radius 3 is 2.65 bits per heavy atom. The van der Waals surface area contributed by atoms with Gasteiger partial charge in [0.25, 0.3) is 0 Å². The summed E-state index contributed by atoms with van der Waals surface area (Å²) in [6.45, 7) is 0. The molecule has 1 aliphatic carbocycles. The third kappa shape index (κ3) is 4.83. The molecule has 0 fully saturated rings. The molecule has 0 amide bonds. The van der Waals surface area contributed by atoms with Crippen molar-refractivity contribution in [3.8, 4) is 0 Å². The number of unbranched alkanes of at least 4 members (excludes halogenated alkanes) is 1. The second-order valence-corrected chi connectivity index (χ2v) is 8.85. The van der Waals surface area contributed by atoms with Gasteiger partial charge in [-0.05, 0) is 56.2 Å². The van der Waals surface area contributed by atoms with Gasteiger partial charge in [0.1, 0.15) is 17.4 Å². The summed E-state index contributed by atoms with van der Waals surface area (Å²) in [6, 6.07) is 14.0. The van der Waals surface area contributed by atoms with Gasteiger partial charge >= 0.3 is 5.97 Å². The lowest BCUT2D eigenvalue weighted by atomic mass is 9.96. The van der Waals surface area contributed by atoms with Crippen molar-refractivity contribution in [1.82, 2.24) is 0 Å². The first-order chi connectivity index (χ1) is 15.0. The number of nitrogens with zero attached hydrogens (tertiary/aromatic N) is 1. The molecule has 2 unspecified atom stereocenters. The van der Waals surface area contributed by atoms with Crippen LogP contribution in [0.25, 0.3) is 11.0 Å². The standard InChI is InChI=1S/C24H27NO5S/c26-24(27)21(12-6-4-10-17-8-2-1-3-9-17)25(31(28)29)18-14-15-20-19-11-5-7-13-22(19)30-23(20)16-18/h1-3,8-9,14-16,21H,4-7,10-13H2,(H,26,27)(H,28,29)/p-1. The molecule has 1 N–H and O–H groups in total. The number of aryl methyl sites for hydroxylation is 3. The number of hydrogen-bond donors (Lipinski definition) is 1. The SMILES string of the molecule is O=C(O)C(CCCCc1ccccc1)N(c1ccc2c3c(oc2c1)CCCC3)S(=O)[O-]. The minimum atomic E-state index is -2.72. The van der Waals surface area contributed by atoms with Gasteiger partial charge in [0.2, 0.25) is 0 Å². The summed E-state index contributed by atoms with van der Waals surface area (Å²) in [7, 11) is 0. The molecule has 7 heteroatoms. The topological polar surface area (TPSA) is 93.8 Å². The van der Waals surface area contributed by atoms with E-state index in [0.29, 0.717) is 17.7 Å². The Kier molecular flexibility index (Phi) is 6.73.